The van der Waals surface area contributed by atoms with Crippen LogP contribution in [0.2, 0.25) is 0 Å². The SMILES string of the molecule is Cc1cc(CNC(=O)CCC2CCN(C(=O)OCc3ccc([N+](=O)[O-])cc3)CC2)ccc1C(=O)N1Cc2cnn(C)c2Nc2cc(N)ccc21. The van der Waals surface area contributed by atoms with Crippen LogP contribution >= 0.6 is 0 Å². The third-order valence-corrected chi connectivity index (χ3v) is 9.33. The Kier molecular flexibility index (Phi) is 9.97. The molecule has 0 spiro atoms. The predicted octanol–water partition coefficient (Wildman–Crippen LogP) is 5.57. The number of carbonyl (C=O) groups is 3. The van der Waals surface area contributed by atoms with E-state index >= 15 is 0 Å². The molecule has 1 fully saturated rings. The number of amides is 3. The van der Waals surface area contributed by atoms with Crippen LogP contribution in [0.1, 0.15) is 58.3 Å². The van der Waals surface area contributed by atoms with Gasteiger partial charge in [-0.1, -0.05) is 12.1 Å². The van der Waals surface area contributed by atoms with Gasteiger partial charge in [-0.3, -0.25) is 24.4 Å². The van der Waals surface area contributed by atoms with Crippen molar-refractivity contribution in [2.24, 2.45) is 13.0 Å². The Hall–Kier alpha value is -5.92. The predicted molar refractivity (Wildman–Crippen MR) is 188 cm³/mol. The molecule has 2 aliphatic rings. The summed E-state index contributed by atoms with van der Waals surface area (Å²) >= 11 is 0. The van der Waals surface area contributed by atoms with Crippen LogP contribution < -0.4 is 21.3 Å². The first-order valence-electron chi connectivity index (χ1n) is 16.6. The number of rotatable bonds is 9. The molecule has 3 aromatic carbocycles. The van der Waals surface area contributed by atoms with Crippen molar-refractivity contribution >= 4 is 46.5 Å². The van der Waals surface area contributed by atoms with Crippen molar-refractivity contribution in [2.75, 3.05) is 29.0 Å². The van der Waals surface area contributed by atoms with Gasteiger partial charge in [0, 0.05) is 62.0 Å². The average Bonchev–Trinajstić information content (AvgIpc) is 3.36. The van der Waals surface area contributed by atoms with Gasteiger partial charge in [0.05, 0.1) is 29.0 Å². The number of hydrogen-bond donors (Lipinski definition) is 3. The number of nitrogens with two attached hydrogens (primary N) is 1. The molecule has 4 aromatic rings. The average molecular weight is 681 g/mol. The summed E-state index contributed by atoms with van der Waals surface area (Å²) in [6, 6.07) is 17.0. The second-order valence-electron chi connectivity index (χ2n) is 12.8. The molecule has 0 saturated carbocycles. The first kappa shape index (κ1) is 34.0. The number of nitrogen functional groups attached to an aromatic ring is 1. The lowest BCUT2D eigenvalue weighted by molar-refractivity contribution is -0.384. The molecular formula is C36H40N8O6. The summed E-state index contributed by atoms with van der Waals surface area (Å²) in [5, 5.41) is 21.5. The maximum absolute atomic E-state index is 14.0. The van der Waals surface area contributed by atoms with E-state index in [4.69, 9.17) is 10.5 Å². The second kappa shape index (κ2) is 14.7. The summed E-state index contributed by atoms with van der Waals surface area (Å²) < 4.78 is 7.13. The van der Waals surface area contributed by atoms with E-state index in [0.29, 0.717) is 55.3 Å². The Morgan fingerprint density at radius 2 is 1.80 bits per heavy atom. The lowest BCUT2D eigenvalue weighted by atomic mass is 9.92. The Bertz CT molecular complexity index is 1920. The molecule has 0 unspecified atom stereocenters. The molecule has 3 heterocycles. The number of ether oxygens (including phenoxy) is 1. The molecule has 4 N–H and O–H groups in total. The zero-order valence-electron chi connectivity index (χ0n) is 28.1. The third-order valence-electron chi connectivity index (χ3n) is 9.33. The van der Waals surface area contributed by atoms with Crippen molar-refractivity contribution in [3.8, 4) is 0 Å². The van der Waals surface area contributed by atoms with E-state index in [-0.39, 0.29) is 24.1 Å². The second-order valence-corrected chi connectivity index (χ2v) is 12.8. The number of benzene rings is 3. The van der Waals surface area contributed by atoms with Crippen molar-refractivity contribution in [2.45, 2.75) is 52.3 Å². The molecule has 3 amide bonds. The van der Waals surface area contributed by atoms with E-state index in [1.54, 1.807) is 38.9 Å². The van der Waals surface area contributed by atoms with Crippen molar-refractivity contribution in [3.05, 3.63) is 105 Å². The number of non-ortho nitro benzene ring substituents is 1. The number of likely N-dealkylation sites (tertiary alicyclic amines) is 1. The molecule has 0 bridgehead atoms. The first-order chi connectivity index (χ1) is 24.0. The zero-order chi connectivity index (χ0) is 35.4. The molecule has 0 atom stereocenters. The number of nitro benzene ring substituents is 1. The smallest absolute Gasteiger partial charge is 0.410 e. The highest BCUT2D eigenvalue weighted by molar-refractivity contribution is 6.09. The van der Waals surface area contributed by atoms with Crippen LogP contribution in [0.15, 0.2) is 66.9 Å². The van der Waals surface area contributed by atoms with Crippen LogP contribution in [0, 0.1) is 23.0 Å². The number of hydrogen-bond acceptors (Lipinski definition) is 9. The number of nitrogens with one attached hydrogen (secondary N) is 2. The molecular weight excluding hydrogens is 640 g/mol. The lowest BCUT2D eigenvalue weighted by Crippen LogP contribution is -2.39. The molecule has 0 radical (unpaired) electrons. The van der Waals surface area contributed by atoms with Crippen molar-refractivity contribution in [3.63, 3.8) is 0 Å². The fraction of sp³-hybridized carbons (Fsp3) is 0.333. The van der Waals surface area contributed by atoms with E-state index in [0.717, 1.165) is 53.1 Å². The molecule has 260 valence electrons. The first-order valence-corrected chi connectivity index (χ1v) is 16.6. The zero-order valence-corrected chi connectivity index (χ0v) is 28.1. The van der Waals surface area contributed by atoms with Crippen molar-refractivity contribution in [1.29, 1.82) is 0 Å². The van der Waals surface area contributed by atoms with Crippen LogP contribution in [0.25, 0.3) is 0 Å². The van der Waals surface area contributed by atoms with Crippen LogP contribution in [-0.4, -0.2) is 50.6 Å². The fourth-order valence-electron chi connectivity index (χ4n) is 6.41. The van der Waals surface area contributed by atoms with Crippen LogP contribution in [0.3, 0.4) is 0 Å². The molecule has 0 aliphatic carbocycles. The summed E-state index contributed by atoms with van der Waals surface area (Å²) in [5.41, 5.74) is 11.9. The lowest BCUT2D eigenvalue weighted by Gasteiger charge is -2.31. The Labute approximate surface area is 289 Å². The van der Waals surface area contributed by atoms with Gasteiger partial charge in [0.1, 0.15) is 12.4 Å². The van der Waals surface area contributed by atoms with Gasteiger partial charge < -0.3 is 30.9 Å². The van der Waals surface area contributed by atoms with E-state index in [1.165, 1.54) is 12.1 Å². The van der Waals surface area contributed by atoms with Gasteiger partial charge in [0.15, 0.2) is 0 Å². The van der Waals surface area contributed by atoms with Crippen molar-refractivity contribution in [1.82, 2.24) is 20.0 Å². The Morgan fingerprint density at radius 1 is 1.06 bits per heavy atom. The van der Waals surface area contributed by atoms with Crippen LogP contribution in [0.4, 0.5) is 33.4 Å². The van der Waals surface area contributed by atoms with Crippen LogP contribution in [0.5, 0.6) is 0 Å². The molecule has 6 rings (SSSR count). The number of carbonyl (C=O) groups excluding carboxylic acids is 3. The minimum Gasteiger partial charge on any atom is -0.445 e. The summed E-state index contributed by atoms with van der Waals surface area (Å²) in [5.74, 6) is 0.934. The van der Waals surface area contributed by atoms with Gasteiger partial charge in [-0.2, -0.15) is 5.10 Å². The molecule has 1 aromatic heterocycles. The number of nitrogens with zero attached hydrogens (tertiary/aromatic N) is 5. The highest BCUT2D eigenvalue weighted by Gasteiger charge is 2.28. The number of aromatic nitrogens is 2. The Balaban J connectivity index is 0.960. The highest BCUT2D eigenvalue weighted by Crippen LogP contribution is 2.38. The fourth-order valence-corrected chi connectivity index (χ4v) is 6.41. The summed E-state index contributed by atoms with van der Waals surface area (Å²) in [6.07, 6.45) is 4.01. The normalized spacial score (nSPS) is 14.2. The van der Waals surface area contributed by atoms with Crippen molar-refractivity contribution < 1.29 is 24.0 Å². The maximum Gasteiger partial charge on any atom is 0.410 e. The molecule has 14 heteroatoms. The number of anilines is 4. The number of aryl methyl sites for hydroxylation is 2. The largest absolute Gasteiger partial charge is 0.445 e. The number of fused-ring (bicyclic) bond motifs is 2. The minimum atomic E-state index is -0.474. The van der Waals surface area contributed by atoms with E-state index in [1.807, 2.05) is 44.3 Å². The van der Waals surface area contributed by atoms with Crippen LogP contribution in [-0.2, 0) is 36.3 Å². The molecule has 14 nitrogen and oxygen atoms in total. The quantitative estimate of drug-likeness (QED) is 0.116. The van der Waals surface area contributed by atoms with Gasteiger partial charge in [-0.05, 0) is 85.2 Å². The molecule has 50 heavy (non-hydrogen) atoms. The minimum absolute atomic E-state index is 0.0146. The highest BCUT2D eigenvalue weighted by atomic mass is 16.6. The Morgan fingerprint density at radius 3 is 2.52 bits per heavy atom. The number of nitro groups is 1. The summed E-state index contributed by atoms with van der Waals surface area (Å²) in [4.78, 5) is 52.9. The van der Waals surface area contributed by atoms with E-state index in [9.17, 15) is 24.5 Å². The van der Waals surface area contributed by atoms with Gasteiger partial charge >= 0.3 is 6.09 Å². The van der Waals surface area contributed by atoms with Gasteiger partial charge in [0.25, 0.3) is 11.6 Å². The van der Waals surface area contributed by atoms with E-state index in [2.05, 4.69) is 15.7 Å². The van der Waals surface area contributed by atoms with Gasteiger partial charge in [-0.15, -0.1) is 0 Å². The summed E-state index contributed by atoms with van der Waals surface area (Å²) in [7, 11) is 1.84. The van der Waals surface area contributed by atoms with E-state index < -0.39 is 11.0 Å². The molecule has 1 saturated heterocycles. The summed E-state index contributed by atoms with van der Waals surface area (Å²) in [6.45, 7) is 3.73. The standard InChI is InChI=1S/C36H40N8O6/c1-23-17-26(5-10-30(23)35(46)43-21-27-20-39-41(2)34(27)40-31-18-28(37)7-11-32(31)43)19-38-33(45)12-6-24-13-15-42(16-14-24)36(47)50-22-25-3-8-29(9-4-25)44(48)49/h3-5,7-11,17-18,20,24,40H,6,12-16,19,21-22,37H2,1-2H3,(H,38,45). The monoisotopic (exact) mass is 680 g/mol. The molecule has 2 aliphatic heterocycles. The third kappa shape index (κ3) is 7.69. The maximum atomic E-state index is 14.0. The topological polar surface area (TPSA) is 178 Å². The van der Waals surface area contributed by atoms with Gasteiger partial charge in [0.2, 0.25) is 5.91 Å². The van der Waals surface area contributed by atoms with Gasteiger partial charge in [-0.25, -0.2) is 4.79 Å². The number of piperidine rings is 1.